The summed E-state index contributed by atoms with van der Waals surface area (Å²) < 4.78 is 0. The van der Waals surface area contributed by atoms with Crippen LogP contribution in [0.25, 0.3) is 0 Å². The third-order valence-corrected chi connectivity index (χ3v) is 2.00. The number of dihydropyridines is 1. The molecule has 2 rings (SSSR count). The Morgan fingerprint density at radius 2 is 2.30 bits per heavy atom. The fourth-order valence-corrected chi connectivity index (χ4v) is 1.42. The van der Waals surface area contributed by atoms with Crippen molar-refractivity contribution in [3.8, 4) is 0 Å². The van der Waals surface area contributed by atoms with E-state index >= 15 is 0 Å². The van der Waals surface area contributed by atoms with Crippen LogP contribution in [0.15, 0.2) is 35.7 Å². The molecule has 0 aromatic carbocycles. The van der Waals surface area contributed by atoms with Crippen LogP contribution in [0.2, 0.25) is 0 Å². The zero-order valence-electron chi connectivity index (χ0n) is 5.93. The fraction of sp³-hybridized carbons (Fsp3) is 0.333. The molecule has 2 aliphatic rings. The lowest BCUT2D eigenvalue weighted by Crippen LogP contribution is -2.11. The largest absolute Gasteiger partial charge is 0.362 e. The minimum atomic E-state index is 1.15. The van der Waals surface area contributed by atoms with E-state index < -0.39 is 0 Å². The van der Waals surface area contributed by atoms with Crippen LogP contribution in [0, 0.1) is 0 Å². The second-order valence-electron chi connectivity index (χ2n) is 2.71. The van der Waals surface area contributed by atoms with Gasteiger partial charge in [0.05, 0.1) is 0 Å². The van der Waals surface area contributed by atoms with Gasteiger partial charge in [0.15, 0.2) is 0 Å². The Morgan fingerprint density at radius 1 is 1.30 bits per heavy atom. The van der Waals surface area contributed by atoms with Crippen molar-refractivity contribution in [2.75, 3.05) is 0 Å². The van der Waals surface area contributed by atoms with Crippen molar-refractivity contribution in [3.63, 3.8) is 0 Å². The van der Waals surface area contributed by atoms with Gasteiger partial charge in [0.2, 0.25) is 0 Å². The number of rotatable bonds is 0. The Morgan fingerprint density at radius 3 is 3.20 bits per heavy atom. The van der Waals surface area contributed by atoms with Crippen LogP contribution < -0.4 is 5.32 Å². The molecule has 0 saturated carbocycles. The van der Waals surface area contributed by atoms with Crippen molar-refractivity contribution >= 4 is 0 Å². The molecule has 0 fully saturated rings. The Labute approximate surface area is 61.1 Å². The van der Waals surface area contributed by atoms with E-state index in [1.54, 1.807) is 5.57 Å². The van der Waals surface area contributed by atoms with Crippen molar-refractivity contribution in [2.24, 2.45) is 0 Å². The van der Waals surface area contributed by atoms with E-state index in [4.69, 9.17) is 0 Å². The van der Waals surface area contributed by atoms with Crippen LogP contribution in [-0.4, -0.2) is 0 Å². The van der Waals surface area contributed by atoms with Crippen LogP contribution in [0.3, 0.4) is 0 Å². The summed E-state index contributed by atoms with van der Waals surface area (Å²) in [6.45, 7) is 0. The maximum absolute atomic E-state index is 3.23. The molecule has 1 aliphatic carbocycles. The van der Waals surface area contributed by atoms with Crippen molar-refractivity contribution < 1.29 is 0 Å². The molecule has 1 N–H and O–H groups in total. The van der Waals surface area contributed by atoms with Gasteiger partial charge in [-0.15, -0.1) is 0 Å². The molecule has 1 heteroatoms. The molecule has 0 atom stereocenters. The normalized spacial score (nSPS) is 22.4. The first-order valence-corrected chi connectivity index (χ1v) is 3.77. The summed E-state index contributed by atoms with van der Waals surface area (Å²) in [4.78, 5) is 0. The molecule has 1 aliphatic heterocycles. The molecule has 0 unspecified atom stereocenters. The summed E-state index contributed by atoms with van der Waals surface area (Å²) in [5, 5.41) is 3.23. The summed E-state index contributed by atoms with van der Waals surface area (Å²) in [5.41, 5.74) is 2.89. The lowest BCUT2D eigenvalue weighted by Gasteiger charge is -2.17. The Bertz CT molecular complexity index is 221. The summed E-state index contributed by atoms with van der Waals surface area (Å²) in [6.07, 6.45) is 12.2. The quantitative estimate of drug-likeness (QED) is 0.533. The van der Waals surface area contributed by atoms with Gasteiger partial charge in [-0.3, -0.25) is 0 Å². The smallest absolute Gasteiger partial charge is 0.0371 e. The van der Waals surface area contributed by atoms with Gasteiger partial charge in [-0.25, -0.2) is 0 Å². The third kappa shape index (κ3) is 0.878. The molecular weight excluding hydrogens is 122 g/mol. The first kappa shape index (κ1) is 5.78. The second-order valence-corrected chi connectivity index (χ2v) is 2.71. The third-order valence-electron chi connectivity index (χ3n) is 2.00. The highest BCUT2D eigenvalue weighted by Crippen LogP contribution is 2.22. The van der Waals surface area contributed by atoms with Crippen molar-refractivity contribution in [1.29, 1.82) is 0 Å². The van der Waals surface area contributed by atoms with Crippen LogP contribution in [-0.2, 0) is 0 Å². The second kappa shape index (κ2) is 2.33. The Balaban J connectivity index is 2.25. The maximum Gasteiger partial charge on any atom is 0.0371 e. The minimum Gasteiger partial charge on any atom is -0.362 e. The van der Waals surface area contributed by atoms with Gasteiger partial charge in [0, 0.05) is 5.70 Å². The standard InChI is InChI=1S/C9H11N/c1-2-6-9-8(4-1)5-3-7-10-9/h2-3,6-7,10H,1,4-5H2. The number of nitrogens with one attached hydrogen (secondary N) is 1. The first-order chi connectivity index (χ1) is 4.97. The lowest BCUT2D eigenvalue weighted by atomic mass is 9.98. The molecule has 1 heterocycles. The fourth-order valence-electron chi connectivity index (χ4n) is 1.42. The van der Waals surface area contributed by atoms with E-state index in [2.05, 4.69) is 23.5 Å². The average Bonchev–Trinajstić information content (AvgIpc) is 2.05. The highest BCUT2D eigenvalue weighted by Gasteiger charge is 2.07. The molecule has 1 nitrogen and oxygen atoms in total. The van der Waals surface area contributed by atoms with Crippen molar-refractivity contribution in [2.45, 2.75) is 19.3 Å². The van der Waals surface area contributed by atoms with Gasteiger partial charge in [-0.1, -0.05) is 12.2 Å². The molecule has 10 heavy (non-hydrogen) atoms. The zero-order valence-corrected chi connectivity index (χ0v) is 5.93. The van der Waals surface area contributed by atoms with E-state index in [0.29, 0.717) is 0 Å². The SMILES string of the molecule is C1=CC2=C(CC=CN2)CC1. The summed E-state index contributed by atoms with van der Waals surface area (Å²) in [5.74, 6) is 0. The van der Waals surface area contributed by atoms with Crippen molar-refractivity contribution in [1.82, 2.24) is 5.32 Å². The van der Waals surface area contributed by atoms with Gasteiger partial charge < -0.3 is 5.32 Å². The molecule has 52 valence electrons. The lowest BCUT2D eigenvalue weighted by molar-refractivity contribution is 0.846. The van der Waals surface area contributed by atoms with Crippen molar-refractivity contribution in [3.05, 3.63) is 35.7 Å². The predicted octanol–water partition coefficient (Wildman–Crippen LogP) is 2.10. The van der Waals surface area contributed by atoms with Crippen LogP contribution in [0.4, 0.5) is 0 Å². The zero-order chi connectivity index (χ0) is 6.81. The Kier molecular flexibility index (Phi) is 1.35. The van der Waals surface area contributed by atoms with E-state index in [9.17, 15) is 0 Å². The van der Waals surface area contributed by atoms with Crippen LogP contribution in [0.1, 0.15) is 19.3 Å². The van der Waals surface area contributed by atoms with Gasteiger partial charge in [-0.2, -0.15) is 0 Å². The highest BCUT2D eigenvalue weighted by molar-refractivity contribution is 5.32. The van der Waals surface area contributed by atoms with Crippen LogP contribution in [0.5, 0.6) is 0 Å². The molecule has 0 saturated heterocycles. The van der Waals surface area contributed by atoms with Crippen LogP contribution >= 0.6 is 0 Å². The maximum atomic E-state index is 3.23. The summed E-state index contributed by atoms with van der Waals surface area (Å²) >= 11 is 0. The average molecular weight is 133 g/mol. The molecular formula is C9H11N. The predicted molar refractivity (Wildman–Crippen MR) is 42.3 cm³/mol. The Hall–Kier alpha value is -0.980. The van der Waals surface area contributed by atoms with E-state index in [1.807, 2.05) is 6.20 Å². The monoisotopic (exact) mass is 133 g/mol. The van der Waals surface area contributed by atoms with Gasteiger partial charge >= 0.3 is 0 Å². The van der Waals surface area contributed by atoms with Gasteiger partial charge in [0.25, 0.3) is 0 Å². The van der Waals surface area contributed by atoms with E-state index in [-0.39, 0.29) is 0 Å². The summed E-state index contributed by atoms with van der Waals surface area (Å²) in [7, 11) is 0. The first-order valence-electron chi connectivity index (χ1n) is 3.77. The van der Waals surface area contributed by atoms with Gasteiger partial charge in [-0.05, 0) is 37.1 Å². The molecule has 0 aromatic rings. The number of hydrogen-bond acceptors (Lipinski definition) is 1. The molecule has 0 spiro atoms. The highest BCUT2D eigenvalue weighted by atomic mass is 14.9. The number of hydrogen-bond donors (Lipinski definition) is 1. The van der Waals surface area contributed by atoms with E-state index in [1.165, 1.54) is 18.5 Å². The van der Waals surface area contributed by atoms with E-state index in [0.717, 1.165) is 6.42 Å². The molecule has 0 aromatic heterocycles. The molecule has 0 radical (unpaired) electrons. The topological polar surface area (TPSA) is 12.0 Å². The number of allylic oxidation sites excluding steroid dienone is 4. The van der Waals surface area contributed by atoms with Gasteiger partial charge in [0.1, 0.15) is 0 Å². The minimum absolute atomic E-state index is 1.15. The summed E-state index contributed by atoms with van der Waals surface area (Å²) in [6, 6.07) is 0. The molecule has 0 bridgehead atoms. The molecule has 0 amide bonds.